The molecule has 0 aliphatic carbocycles. The summed E-state index contributed by atoms with van der Waals surface area (Å²) in [4.78, 5) is 13.6. The minimum Gasteiger partial charge on any atom is -0.326 e. The molecule has 0 aliphatic rings. The minimum atomic E-state index is 0.0706. The second kappa shape index (κ2) is 8.11. The second-order valence-corrected chi connectivity index (χ2v) is 6.75. The first kappa shape index (κ1) is 18.2. The van der Waals surface area contributed by atoms with Crippen LogP contribution in [0.2, 0.25) is 0 Å². The van der Waals surface area contributed by atoms with Crippen molar-refractivity contribution in [3.8, 4) is 0 Å². The Hall–Kier alpha value is -2.13. The third-order valence-corrected chi connectivity index (χ3v) is 4.46. The Morgan fingerprint density at radius 2 is 1.79 bits per heavy atom. The van der Waals surface area contributed by atoms with E-state index in [0.717, 1.165) is 24.2 Å². The minimum absolute atomic E-state index is 0.0706. The number of anilines is 1. The lowest BCUT2D eigenvalue weighted by molar-refractivity contribution is -0.885. The van der Waals surface area contributed by atoms with Gasteiger partial charge in [0.05, 0.1) is 7.05 Å². The molecule has 0 bridgehead atoms. The van der Waals surface area contributed by atoms with E-state index in [1.807, 2.05) is 19.1 Å². The maximum Gasteiger partial charge on any atom is 0.279 e. The molecule has 0 heterocycles. The van der Waals surface area contributed by atoms with Crippen molar-refractivity contribution in [2.45, 2.75) is 40.7 Å². The van der Waals surface area contributed by atoms with Crippen molar-refractivity contribution in [2.75, 3.05) is 18.9 Å². The fraction of sp³-hybridized carbons (Fsp3) is 0.381. The van der Waals surface area contributed by atoms with Crippen molar-refractivity contribution in [1.29, 1.82) is 0 Å². The van der Waals surface area contributed by atoms with Gasteiger partial charge in [-0.05, 0) is 43.9 Å². The number of hydrogen-bond donors (Lipinski definition) is 2. The summed E-state index contributed by atoms with van der Waals surface area (Å²) in [5.74, 6) is 0.0706. The Balaban J connectivity index is 1.99. The molecule has 0 radical (unpaired) electrons. The number of carbonyl (C=O) groups excluding carboxylic acids is 1. The fourth-order valence-corrected chi connectivity index (χ4v) is 3.09. The largest absolute Gasteiger partial charge is 0.326 e. The van der Waals surface area contributed by atoms with E-state index in [1.165, 1.54) is 27.2 Å². The highest BCUT2D eigenvalue weighted by atomic mass is 16.2. The van der Waals surface area contributed by atoms with Gasteiger partial charge >= 0.3 is 0 Å². The quantitative estimate of drug-likeness (QED) is 0.841. The molecule has 2 aromatic carbocycles. The van der Waals surface area contributed by atoms with Crippen LogP contribution in [0.3, 0.4) is 0 Å². The summed E-state index contributed by atoms with van der Waals surface area (Å²) in [6, 6.07) is 12.7. The summed E-state index contributed by atoms with van der Waals surface area (Å²) < 4.78 is 0. The monoisotopic (exact) mass is 325 g/mol. The van der Waals surface area contributed by atoms with Crippen LogP contribution in [0.4, 0.5) is 5.69 Å². The lowest BCUT2D eigenvalue weighted by atomic mass is 10.1. The smallest absolute Gasteiger partial charge is 0.279 e. The van der Waals surface area contributed by atoms with Gasteiger partial charge in [-0.3, -0.25) is 4.79 Å². The third kappa shape index (κ3) is 4.68. The molecule has 1 atom stereocenters. The van der Waals surface area contributed by atoms with Crippen LogP contribution in [0.5, 0.6) is 0 Å². The summed E-state index contributed by atoms with van der Waals surface area (Å²) in [7, 11) is 2.07. The standard InChI is InChI=1S/C21H28N2O/c1-6-18-9-7-8-16(3)21(18)22-20(24)14-23(5)13-19-11-10-15(2)12-17(19)4/h7-12H,6,13-14H2,1-5H3,(H,22,24)/p+1. The van der Waals surface area contributed by atoms with Crippen molar-refractivity contribution >= 4 is 11.6 Å². The normalized spacial score (nSPS) is 12.0. The maximum atomic E-state index is 12.4. The van der Waals surface area contributed by atoms with E-state index in [1.54, 1.807) is 0 Å². The number of benzene rings is 2. The molecule has 0 saturated carbocycles. The van der Waals surface area contributed by atoms with Crippen LogP contribution in [-0.4, -0.2) is 19.5 Å². The number of quaternary nitrogens is 1. The van der Waals surface area contributed by atoms with E-state index in [-0.39, 0.29) is 5.91 Å². The van der Waals surface area contributed by atoms with Crippen molar-refractivity contribution in [3.05, 3.63) is 64.2 Å². The van der Waals surface area contributed by atoms with Crippen LogP contribution in [0.15, 0.2) is 36.4 Å². The van der Waals surface area contributed by atoms with E-state index < -0.39 is 0 Å². The molecule has 2 rings (SSSR count). The van der Waals surface area contributed by atoms with E-state index in [0.29, 0.717) is 6.54 Å². The number of likely N-dealkylation sites (N-methyl/N-ethyl adjacent to an activating group) is 1. The molecule has 128 valence electrons. The van der Waals surface area contributed by atoms with Crippen LogP contribution < -0.4 is 10.2 Å². The molecule has 2 N–H and O–H groups in total. The Kier molecular flexibility index (Phi) is 6.16. The van der Waals surface area contributed by atoms with Crippen LogP contribution >= 0.6 is 0 Å². The van der Waals surface area contributed by atoms with E-state index in [9.17, 15) is 4.79 Å². The molecule has 2 aromatic rings. The summed E-state index contributed by atoms with van der Waals surface area (Å²) in [5, 5.41) is 3.11. The Morgan fingerprint density at radius 3 is 2.46 bits per heavy atom. The molecule has 0 saturated heterocycles. The summed E-state index contributed by atoms with van der Waals surface area (Å²) >= 11 is 0. The van der Waals surface area contributed by atoms with Gasteiger partial charge in [0, 0.05) is 11.3 Å². The van der Waals surface area contributed by atoms with Gasteiger partial charge in [-0.15, -0.1) is 0 Å². The maximum absolute atomic E-state index is 12.4. The number of para-hydroxylation sites is 1. The van der Waals surface area contributed by atoms with Crippen molar-refractivity contribution in [3.63, 3.8) is 0 Å². The molecule has 0 spiro atoms. The molecule has 1 amide bonds. The average Bonchev–Trinajstić information content (AvgIpc) is 2.52. The zero-order valence-electron chi connectivity index (χ0n) is 15.5. The lowest BCUT2D eigenvalue weighted by Crippen LogP contribution is -3.08. The number of aryl methyl sites for hydroxylation is 4. The number of hydrogen-bond acceptors (Lipinski definition) is 1. The highest BCUT2D eigenvalue weighted by molar-refractivity contribution is 5.93. The topological polar surface area (TPSA) is 33.5 Å². The predicted octanol–water partition coefficient (Wildman–Crippen LogP) is 2.83. The zero-order valence-corrected chi connectivity index (χ0v) is 15.5. The van der Waals surface area contributed by atoms with Gasteiger partial charge in [-0.1, -0.05) is 48.9 Å². The SMILES string of the molecule is CCc1cccc(C)c1NC(=O)C[NH+](C)Cc1ccc(C)cc1C. The van der Waals surface area contributed by atoms with Gasteiger partial charge in [0.15, 0.2) is 6.54 Å². The van der Waals surface area contributed by atoms with Gasteiger partial charge < -0.3 is 10.2 Å². The summed E-state index contributed by atoms with van der Waals surface area (Å²) in [6.45, 7) is 9.71. The van der Waals surface area contributed by atoms with E-state index in [4.69, 9.17) is 0 Å². The van der Waals surface area contributed by atoms with Crippen LogP contribution in [0, 0.1) is 20.8 Å². The number of rotatable bonds is 6. The second-order valence-electron chi connectivity index (χ2n) is 6.75. The molecule has 0 fully saturated rings. The molecule has 1 unspecified atom stereocenters. The Morgan fingerprint density at radius 1 is 1.04 bits per heavy atom. The van der Waals surface area contributed by atoms with E-state index >= 15 is 0 Å². The molecule has 0 aromatic heterocycles. The number of amides is 1. The highest BCUT2D eigenvalue weighted by Crippen LogP contribution is 2.20. The van der Waals surface area contributed by atoms with Gasteiger partial charge in [-0.2, -0.15) is 0 Å². The Bertz CT molecular complexity index is 722. The molecule has 24 heavy (non-hydrogen) atoms. The van der Waals surface area contributed by atoms with Crippen molar-refractivity contribution in [1.82, 2.24) is 0 Å². The first-order valence-corrected chi connectivity index (χ1v) is 8.66. The lowest BCUT2D eigenvalue weighted by Gasteiger charge is -2.17. The van der Waals surface area contributed by atoms with Gasteiger partial charge in [-0.25, -0.2) is 0 Å². The van der Waals surface area contributed by atoms with Crippen molar-refractivity contribution in [2.24, 2.45) is 0 Å². The fourth-order valence-electron chi connectivity index (χ4n) is 3.09. The Labute approximate surface area is 145 Å². The third-order valence-electron chi connectivity index (χ3n) is 4.46. The van der Waals surface area contributed by atoms with Crippen LogP contribution in [0.25, 0.3) is 0 Å². The molecule has 3 nitrogen and oxygen atoms in total. The zero-order chi connectivity index (χ0) is 17.7. The van der Waals surface area contributed by atoms with Crippen molar-refractivity contribution < 1.29 is 9.69 Å². The van der Waals surface area contributed by atoms with Gasteiger partial charge in [0.1, 0.15) is 6.54 Å². The van der Waals surface area contributed by atoms with Gasteiger partial charge in [0.25, 0.3) is 5.91 Å². The summed E-state index contributed by atoms with van der Waals surface area (Å²) in [5.41, 5.74) is 7.16. The molecular formula is C21H29N2O+. The number of nitrogens with one attached hydrogen (secondary N) is 2. The molecular weight excluding hydrogens is 296 g/mol. The van der Waals surface area contributed by atoms with Crippen LogP contribution in [0.1, 0.15) is 34.7 Å². The first-order valence-electron chi connectivity index (χ1n) is 8.66. The highest BCUT2D eigenvalue weighted by Gasteiger charge is 2.14. The predicted molar refractivity (Wildman–Crippen MR) is 101 cm³/mol. The molecule has 3 heteroatoms. The number of carbonyl (C=O) groups is 1. The van der Waals surface area contributed by atoms with Gasteiger partial charge in [0.2, 0.25) is 0 Å². The molecule has 0 aliphatic heterocycles. The van der Waals surface area contributed by atoms with E-state index in [2.05, 4.69) is 57.4 Å². The summed E-state index contributed by atoms with van der Waals surface area (Å²) in [6.07, 6.45) is 0.919. The first-order chi connectivity index (χ1) is 11.4. The van der Waals surface area contributed by atoms with Crippen LogP contribution in [-0.2, 0) is 17.8 Å². The average molecular weight is 325 g/mol.